The summed E-state index contributed by atoms with van der Waals surface area (Å²) in [7, 11) is 0. The topological polar surface area (TPSA) is 210 Å². The third-order valence-corrected chi connectivity index (χ3v) is 14.3. The van der Waals surface area contributed by atoms with Gasteiger partial charge in [0.25, 0.3) is 5.91 Å². The molecule has 0 spiro atoms. The minimum atomic E-state index is -4.23. The molecular formula is C32H32FN9O10P2S3. The number of halogens is 1. The summed E-state index contributed by atoms with van der Waals surface area (Å²) in [4.78, 5) is 62.3. The predicted molar refractivity (Wildman–Crippen MR) is 208 cm³/mol. The maximum Gasteiger partial charge on any atom is 0.327 e. The van der Waals surface area contributed by atoms with Crippen LogP contribution in [0.25, 0.3) is 26.4 Å². The highest BCUT2D eigenvalue weighted by atomic mass is 32.5. The minimum absolute atomic E-state index is 0.0899. The SMILES string of the molecule is [C-]#[N+]CCOP1(=S)OC[C@H]2O[C@@H](n3c(=O)sc4c(NC(=O)c5ccccc5)ncnc43)[C@H](OP(O)(=S)OC[C@H]3O[C@@H](n4cnc5c(C)ncnc54)[C@H](F)[C@@H]3O1)[C@@H]2C. The molecule has 0 aliphatic carbocycles. The van der Waals surface area contributed by atoms with E-state index in [1.54, 1.807) is 44.2 Å². The molecule has 3 aliphatic heterocycles. The van der Waals surface area contributed by atoms with Gasteiger partial charge >= 0.3 is 18.3 Å². The highest BCUT2D eigenvalue weighted by molar-refractivity contribution is 8.07. The highest BCUT2D eigenvalue weighted by Crippen LogP contribution is 2.57. The second-order valence-corrected chi connectivity index (χ2v) is 19.7. The van der Waals surface area contributed by atoms with Crippen LogP contribution in [0.5, 0.6) is 0 Å². The number of rotatable bonds is 7. The van der Waals surface area contributed by atoms with Crippen molar-refractivity contribution in [2.75, 3.05) is 31.7 Å². The number of nitrogens with one attached hydrogen (secondary N) is 1. The zero-order valence-corrected chi connectivity index (χ0v) is 34.0. The normalized spacial score (nSPS) is 31.9. The molecule has 3 saturated heterocycles. The Bertz CT molecular complexity index is 2530. The quantitative estimate of drug-likeness (QED) is 0.133. The molecule has 2 N–H and O–H groups in total. The summed E-state index contributed by atoms with van der Waals surface area (Å²) in [6, 6.07) is 8.46. The number of aryl methyl sites for hydroxylation is 1. The van der Waals surface area contributed by atoms with Crippen LogP contribution in [-0.2, 0) is 55.7 Å². The van der Waals surface area contributed by atoms with E-state index >= 15 is 4.39 Å². The Morgan fingerprint density at radius 3 is 2.58 bits per heavy atom. The molecule has 1 aromatic carbocycles. The van der Waals surface area contributed by atoms with Crippen molar-refractivity contribution in [1.29, 1.82) is 0 Å². The minimum Gasteiger partial charge on any atom is -0.349 e. The van der Waals surface area contributed by atoms with E-state index in [4.69, 9.17) is 62.3 Å². The van der Waals surface area contributed by atoms with E-state index in [1.807, 2.05) is 0 Å². The highest BCUT2D eigenvalue weighted by Gasteiger charge is 2.53. The van der Waals surface area contributed by atoms with Gasteiger partial charge in [0.15, 0.2) is 35.7 Å². The summed E-state index contributed by atoms with van der Waals surface area (Å²) in [6.07, 6.45) is -5.48. The van der Waals surface area contributed by atoms with Gasteiger partial charge in [-0.05, 0) is 42.7 Å². The van der Waals surface area contributed by atoms with Gasteiger partial charge < -0.3 is 42.6 Å². The van der Waals surface area contributed by atoms with Crippen LogP contribution >= 0.6 is 24.8 Å². The lowest BCUT2D eigenvalue weighted by Gasteiger charge is -2.29. The molecule has 0 radical (unpaired) electrons. The Hall–Kier alpha value is -3.59. The van der Waals surface area contributed by atoms with E-state index in [-0.39, 0.29) is 35.9 Å². The van der Waals surface area contributed by atoms with E-state index in [9.17, 15) is 14.5 Å². The van der Waals surface area contributed by atoms with Crippen LogP contribution in [0.2, 0.25) is 0 Å². The van der Waals surface area contributed by atoms with Crippen molar-refractivity contribution < 1.29 is 46.2 Å². The van der Waals surface area contributed by atoms with Gasteiger partial charge in [-0.15, -0.1) is 0 Å². The van der Waals surface area contributed by atoms with Crippen LogP contribution in [0.15, 0.2) is 54.1 Å². The number of thiazole rings is 1. The first kappa shape index (κ1) is 40.2. The average molecular weight is 880 g/mol. The van der Waals surface area contributed by atoms with Crippen molar-refractivity contribution in [3.8, 4) is 0 Å². The van der Waals surface area contributed by atoms with E-state index < -0.39 is 79.8 Å². The Morgan fingerprint density at radius 2 is 1.79 bits per heavy atom. The summed E-state index contributed by atoms with van der Waals surface area (Å²) >= 11 is 12.0. The molecule has 5 aromatic rings. The molecule has 3 aliphatic rings. The molecule has 3 fully saturated rings. The van der Waals surface area contributed by atoms with Gasteiger partial charge in [0.2, 0.25) is 6.54 Å². The fraction of sp³-hybridized carbons (Fsp3) is 0.438. The number of carbonyl (C=O) groups excluding carboxylic acids is 1. The zero-order chi connectivity index (χ0) is 40.1. The summed E-state index contributed by atoms with van der Waals surface area (Å²) in [6.45, 7) is 1.41. The molecule has 10 atom stereocenters. The number of imidazole rings is 1. The predicted octanol–water partition coefficient (Wildman–Crippen LogP) is 4.22. The van der Waals surface area contributed by atoms with Crippen LogP contribution in [-0.4, -0.2) is 102 Å². The van der Waals surface area contributed by atoms with Crippen molar-refractivity contribution >= 4 is 81.6 Å². The number of hydrogen-bond donors (Lipinski definition) is 2. The fourth-order valence-corrected chi connectivity index (χ4v) is 11.1. The van der Waals surface area contributed by atoms with Gasteiger partial charge in [-0.2, -0.15) is 0 Å². The Labute approximate surface area is 336 Å². The number of carbonyl (C=O) groups is 1. The van der Waals surface area contributed by atoms with Crippen LogP contribution in [0.1, 0.15) is 35.4 Å². The standard InChI is InChI=1S/C32H32FN9O10P2S3/c1-16-19-11-48-54(56,46-10-9-34-3)52-24-20(50-30(21(24)33)41-15-39-22-17(2)35-13-37-27(22)41)12-47-53(45,55)51-23(16)31(49-19)42-28-25(57-32(42)44)26(36-14-38-28)40-29(43)18-7-5-4-6-8-18/h4-8,13-16,19-21,23-24,30-31H,9-12H2,1-2H3,(H,45,55)(H,36,38,40,43)/t16-,19-,20-,21-,23-,24-,30-,31-,53?,54?/m1/s1. The number of nitrogens with zero attached hydrogens (tertiary/aromatic N) is 8. The molecule has 300 valence electrons. The van der Waals surface area contributed by atoms with Crippen molar-refractivity contribution in [2.24, 2.45) is 5.92 Å². The molecule has 8 rings (SSSR count). The Kier molecular flexibility index (Phi) is 11.4. The first-order valence-corrected chi connectivity index (χ1v) is 23.2. The maximum absolute atomic E-state index is 16.6. The Morgan fingerprint density at radius 1 is 1.05 bits per heavy atom. The molecule has 2 bridgehead atoms. The van der Waals surface area contributed by atoms with Gasteiger partial charge in [0.1, 0.15) is 47.8 Å². The summed E-state index contributed by atoms with van der Waals surface area (Å²) in [5.74, 6) is -1.02. The average Bonchev–Trinajstić information content (AvgIpc) is 3.93. The van der Waals surface area contributed by atoms with Crippen molar-refractivity contribution in [3.05, 3.63) is 81.7 Å². The van der Waals surface area contributed by atoms with Crippen LogP contribution in [0.4, 0.5) is 10.2 Å². The number of hydrogen-bond acceptors (Lipinski definition) is 17. The third kappa shape index (κ3) is 7.95. The molecule has 0 saturated carbocycles. The summed E-state index contributed by atoms with van der Waals surface area (Å²) in [5, 5.41) is 2.73. The number of alkyl halides is 1. The number of amides is 1. The molecule has 7 heterocycles. The number of benzene rings is 1. The molecule has 57 heavy (non-hydrogen) atoms. The largest absolute Gasteiger partial charge is 0.349 e. The van der Waals surface area contributed by atoms with Gasteiger partial charge in [-0.3, -0.25) is 23.2 Å². The van der Waals surface area contributed by atoms with Crippen LogP contribution in [0.3, 0.4) is 0 Å². The van der Waals surface area contributed by atoms with Crippen molar-refractivity contribution in [1.82, 2.24) is 34.1 Å². The van der Waals surface area contributed by atoms with Gasteiger partial charge in [0, 0.05) is 11.5 Å². The summed E-state index contributed by atoms with van der Waals surface area (Å²) < 4.78 is 62.2. The molecule has 4 aromatic heterocycles. The second kappa shape index (κ2) is 16.2. The molecule has 19 nitrogen and oxygen atoms in total. The smallest absolute Gasteiger partial charge is 0.327 e. The first-order valence-electron chi connectivity index (χ1n) is 17.2. The molecule has 1 amide bonds. The lowest BCUT2D eigenvalue weighted by molar-refractivity contribution is -0.0613. The second-order valence-electron chi connectivity index (χ2n) is 13.0. The molecular weight excluding hydrogens is 848 g/mol. The molecule has 2 unspecified atom stereocenters. The summed E-state index contributed by atoms with van der Waals surface area (Å²) in [5.41, 5.74) is 1.77. The Balaban J connectivity index is 1.12. The lowest BCUT2D eigenvalue weighted by Crippen LogP contribution is -2.34. The van der Waals surface area contributed by atoms with Crippen LogP contribution < -0.4 is 10.2 Å². The van der Waals surface area contributed by atoms with E-state index in [0.29, 0.717) is 22.4 Å². The number of anilines is 1. The maximum atomic E-state index is 16.6. The third-order valence-electron chi connectivity index (χ3n) is 9.46. The van der Waals surface area contributed by atoms with Gasteiger partial charge in [-0.25, -0.2) is 35.9 Å². The van der Waals surface area contributed by atoms with E-state index in [2.05, 4.69) is 35.1 Å². The van der Waals surface area contributed by atoms with E-state index in [1.165, 1.54) is 28.1 Å². The van der Waals surface area contributed by atoms with Gasteiger partial charge in [-0.1, -0.05) is 36.5 Å². The van der Waals surface area contributed by atoms with E-state index in [0.717, 1.165) is 11.3 Å². The lowest BCUT2D eigenvalue weighted by atomic mass is 10.0. The number of ether oxygens (including phenoxy) is 2. The van der Waals surface area contributed by atoms with Crippen molar-refractivity contribution in [3.63, 3.8) is 0 Å². The van der Waals surface area contributed by atoms with Crippen molar-refractivity contribution in [2.45, 2.75) is 56.9 Å². The number of aromatic nitrogens is 7. The molecule has 25 heteroatoms. The number of fused-ring (bicyclic) bond motifs is 5. The monoisotopic (exact) mass is 879 g/mol. The van der Waals surface area contributed by atoms with Crippen LogP contribution in [0, 0.1) is 19.4 Å². The first-order chi connectivity index (χ1) is 27.4. The fourth-order valence-electron chi connectivity index (χ4n) is 6.63. The van der Waals surface area contributed by atoms with Gasteiger partial charge in [0.05, 0.1) is 31.3 Å². The zero-order valence-electron chi connectivity index (χ0n) is 29.8.